The van der Waals surface area contributed by atoms with E-state index in [4.69, 9.17) is 22.3 Å². The molecule has 0 spiro atoms. The first-order valence-electron chi connectivity index (χ1n) is 8.58. The molecule has 0 bridgehead atoms. The Morgan fingerprint density at radius 2 is 1.74 bits per heavy atom. The summed E-state index contributed by atoms with van der Waals surface area (Å²) in [6.07, 6.45) is 7.71. The lowest BCUT2D eigenvalue weighted by molar-refractivity contribution is -0.134. The molecule has 3 aliphatic rings. The zero-order chi connectivity index (χ0) is 16.0. The lowest BCUT2D eigenvalue weighted by Gasteiger charge is -2.33. The standard InChI is InChI=1S/C18H22ClN3O/c19-14-10-8-13(9-11-14)18(12-6-7-12)16(23)22(17(20)21-18)15-4-2-1-3-5-15/h8-12,15H,1-7H2,(H2,20,21). The van der Waals surface area contributed by atoms with Crippen molar-refractivity contribution in [3.05, 3.63) is 34.9 Å². The second-order valence-electron chi connectivity index (χ2n) is 6.98. The predicted octanol–water partition coefficient (Wildman–Crippen LogP) is 3.43. The van der Waals surface area contributed by atoms with Crippen molar-refractivity contribution in [1.29, 1.82) is 0 Å². The van der Waals surface area contributed by atoms with Crippen molar-refractivity contribution in [2.24, 2.45) is 16.6 Å². The molecule has 1 aliphatic heterocycles. The van der Waals surface area contributed by atoms with Crippen LogP contribution < -0.4 is 5.73 Å². The summed E-state index contributed by atoms with van der Waals surface area (Å²) in [6, 6.07) is 7.75. The molecule has 5 heteroatoms. The zero-order valence-electron chi connectivity index (χ0n) is 13.2. The molecule has 23 heavy (non-hydrogen) atoms. The number of guanidine groups is 1. The summed E-state index contributed by atoms with van der Waals surface area (Å²) in [7, 11) is 0. The molecule has 1 atom stereocenters. The maximum absolute atomic E-state index is 13.4. The molecule has 1 unspecified atom stereocenters. The molecule has 0 aromatic heterocycles. The Balaban J connectivity index is 1.73. The molecule has 0 radical (unpaired) electrons. The molecule has 1 amide bonds. The first kappa shape index (κ1) is 15.0. The summed E-state index contributed by atoms with van der Waals surface area (Å²) in [5.41, 5.74) is 6.35. The molecule has 2 N–H and O–H groups in total. The van der Waals surface area contributed by atoms with Gasteiger partial charge in [0.15, 0.2) is 11.5 Å². The van der Waals surface area contributed by atoms with Gasteiger partial charge in [0.05, 0.1) is 0 Å². The van der Waals surface area contributed by atoms with Gasteiger partial charge in [-0.1, -0.05) is 43.0 Å². The molecule has 4 nitrogen and oxygen atoms in total. The Labute approximate surface area is 141 Å². The molecule has 2 saturated carbocycles. The van der Waals surface area contributed by atoms with E-state index in [1.165, 1.54) is 19.3 Å². The number of nitrogens with zero attached hydrogens (tertiary/aromatic N) is 2. The summed E-state index contributed by atoms with van der Waals surface area (Å²) in [5.74, 6) is 0.749. The molecule has 2 fully saturated rings. The van der Waals surface area contributed by atoms with Crippen molar-refractivity contribution in [2.45, 2.75) is 56.5 Å². The highest BCUT2D eigenvalue weighted by Crippen LogP contribution is 2.52. The maximum Gasteiger partial charge on any atom is 0.262 e. The average Bonchev–Trinajstić information content (AvgIpc) is 3.36. The van der Waals surface area contributed by atoms with E-state index in [-0.39, 0.29) is 17.9 Å². The Morgan fingerprint density at radius 1 is 1.09 bits per heavy atom. The third-order valence-electron chi connectivity index (χ3n) is 5.47. The third-order valence-corrected chi connectivity index (χ3v) is 5.73. The van der Waals surface area contributed by atoms with Crippen LogP contribution in [0.25, 0.3) is 0 Å². The van der Waals surface area contributed by atoms with Gasteiger partial charge in [-0.25, -0.2) is 4.99 Å². The average molecular weight is 332 g/mol. The van der Waals surface area contributed by atoms with Gasteiger partial charge in [0, 0.05) is 11.1 Å². The van der Waals surface area contributed by atoms with E-state index in [9.17, 15) is 4.79 Å². The van der Waals surface area contributed by atoms with Gasteiger partial charge < -0.3 is 5.73 Å². The number of halogens is 1. The van der Waals surface area contributed by atoms with Crippen molar-refractivity contribution >= 4 is 23.5 Å². The smallest absolute Gasteiger partial charge is 0.262 e. The second-order valence-corrected chi connectivity index (χ2v) is 7.42. The van der Waals surface area contributed by atoms with Crippen LogP contribution in [-0.4, -0.2) is 22.8 Å². The fourth-order valence-electron chi connectivity index (χ4n) is 4.16. The molecular weight excluding hydrogens is 310 g/mol. The summed E-state index contributed by atoms with van der Waals surface area (Å²) in [4.78, 5) is 19.9. The fraction of sp³-hybridized carbons (Fsp3) is 0.556. The molecular formula is C18H22ClN3O. The molecule has 1 aromatic rings. The quantitative estimate of drug-likeness (QED) is 0.922. The van der Waals surface area contributed by atoms with Gasteiger partial charge in [-0.15, -0.1) is 0 Å². The number of hydrogen-bond acceptors (Lipinski definition) is 3. The number of carbonyl (C=O) groups excluding carboxylic acids is 1. The molecule has 0 saturated heterocycles. The minimum absolute atomic E-state index is 0.0757. The van der Waals surface area contributed by atoms with Crippen LogP contribution in [0.4, 0.5) is 0 Å². The number of benzene rings is 1. The van der Waals surface area contributed by atoms with E-state index in [1.807, 2.05) is 24.3 Å². The monoisotopic (exact) mass is 331 g/mol. The first-order valence-corrected chi connectivity index (χ1v) is 8.96. The van der Waals surface area contributed by atoms with Crippen LogP contribution in [0.3, 0.4) is 0 Å². The molecule has 4 rings (SSSR count). The highest BCUT2D eigenvalue weighted by Gasteiger charge is 2.58. The SMILES string of the molecule is NC1=NC(c2ccc(Cl)cc2)(C2CC2)C(=O)N1C1CCCCC1. The highest BCUT2D eigenvalue weighted by atomic mass is 35.5. The Bertz CT molecular complexity index is 647. The minimum atomic E-state index is -0.813. The van der Waals surface area contributed by atoms with E-state index in [2.05, 4.69) is 0 Å². The van der Waals surface area contributed by atoms with Crippen LogP contribution in [-0.2, 0) is 10.3 Å². The number of rotatable bonds is 3. The van der Waals surface area contributed by atoms with Crippen LogP contribution in [0.5, 0.6) is 0 Å². The molecule has 2 aliphatic carbocycles. The third kappa shape index (κ3) is 2.35. The van der Waals surface area contributed by atoms with Gasteiger partial charge in [-0.2, -0.15) is 0 Å². The Kier molecular flexibility index (Phi) is 3.60. The van der Waals surface area contributed by atoms with Crippen LogP contribution >= 0.6 is 11.6 Å². The van der Waals surface area contributed by atoms with Crippen LogP contribution in [0, 0.1) is 5.92 Å². The summed E-state index contributed by atoms with van der Waals surface area (Å²) in [5, 5.41) is 0.672. The van der Waals surface area contributed by atoms with Crippen LogP contribution in [0.2, 0.25) is 5.02 Å². The van der Waals surface area contributed by atoms with Crippen molar-refractivity contribution in [2.75, 3.05) is 0 Å². The van der Waals surface area contributed by atoms with E-state index in [1.54, 1.807) is 4.90 Å². The number of carbonyl (C=O) groups is 1. The predicted molar refractivity (Wildman–Crippen MR) is 91.2 cm³/mol. The Hall–Kier alpha value is -1.55. The highest BCUT2D eigenvalue weighted by molar-refractivity contribution is 6.30. The number of aliphatic imine (C=N–C) groups is 1. The molecule has 1 heterocycles. The van der Waals surface area contributed by atoms with E-state index >= 15 is 0 Å². The van der Waals surface area contributed by atoms with Gasteiger partial charge >= 0.3 is 0 Å². The van der Waals surface area contributed by atoms with Gasteiger partial charge in [-0.3, -0.25) is 9.69 Å². The van der Waals surface area contributed by atoms with Crippen LogP contribution in [0.15, 0.2) is 29.3 Å². The van der Waals surface area contributed by atoms with Crippen molar-refractivity contribution < 1.29 is 4.79 Å². The number of hydrogen-bond donors (Lipinski definition) is 1. The number of amides is 1. The molecule has 122 valence electrons. The van der Waals surface area contributed by atoms with Gasteiger partial charge in [0.1, 0.15) is 0 Å². The minimum Gasteiger partial charge on any atom is -0.369 e. The van der Waals surface area contributed by atoms with Gasteiger partial charge in [0.2, 0.25) is 0 Å². The van der Waals surface area contributed by atoms with Crippen molar-refractivity contribution in [3.63, 3.8) is 0 Å². The lowest BCUT2D eigenvalue weighted by atomic mass is 9.84. The van der Waals surface area contributed by atoms with Gasteiger partial charge in [-0.05, 0) is 49.3 Å². The topological polar surface area (TPSA) is 58.7 Å². The summed E-state index contributed by atoms with van der Waals surface area (Å²) >= 11 is 6.02. The van der Waals surface area contributed by atoms with E-state index < -0.39 is 5.54 Å². The normalized spacial score (nSPS) is 29.0. The fourth-order valence-corrected chi connectivity index (χ4v) is 4.28. The second kappa shape index (κ2) is 5.52. The first-order chi connectivity index (χ1) is 11.1. The van der Waals surface area contributed by atoms with Crippen molar-refractivity contribution in [3.8, 4) is 0 Å². The van der Waals surface area contributed by atoms with Crippen molar-refractivity contribution in [1.82, 2.24) is 4.90 Å². The number of nitrogens with two attached hydrogens (primary N) is 1. The van der Waals surface area contributed by atoms with Crippen LogP contribution in [0.1, 0.15) is 50.5 Å². The largest absolute Gasteiger partial charge is 0.369 e. The maximum atomic E-state index is 13.4. The van der Waals surface area contributed by atoms with E-state index in [0.29, 0.717) is 11.0 Å². The lowest BCUT2D eigenvalue weighted by Crippen LogP contribution is -2.49. The summed E-state index contributed by atoms with van der Waals surface area (Å²) in [6.45, 7) is 0. The zero-order valence-corrected chi connectivity index (χ0v) is 13.9. The Morgan fingerprint density at radius 3 is 2.35 bits per heavy atom. The summed E-state index contributed by atoms with van der Waals surface area (Å²) < 4.78 is 0. The molecule has 1 aromatic carbocycles. The van der Waals surface area contributed by atoms with E-state index in [0.717, 1.165) is 31.2 Å². The van der Waals surface area contributed by atoms with Gasteiger partial charge in [0.25, 0.3) is 5.91 Å².